The molecule has 0 aliphatic rings. The molecule has 0 spiro atoms. The predicted octanol–water partition coefficient (Wildman–Crippen LogP) is 3.95. The summed E-state index contributed by atoms with van der Waals surface area (Å²) in [6.45, 7) is 2.07. The van der Waals surface area contributed by atoms with Crippen molar-refractivity contribution in [2.24, 2.45) is 0 Å². The number of carbonyl (C=O) groups is 1. The second-order valence-corrected chi connectivity index (χ2v) is 6.59. The van der Waals surface area contributed by atoms with E-state index < -0.39 is 0 Å². The topological polar surface area (TPSA) is 20.3 Å². The Balaban J connectivity index is 2.79. The average molecular weight is 348 g/mol. The van der Waals surface area contributed by atoms with Crippen molar-refractivity contribution in [2.75, 3.05) is 19.1 Å². The van der Waals surface area contributed by atoms with E-state index in [1.165, 1.54) is 0 Å². The van der Waals surface area contributed by atoms with Crippen LogP contribution in [0.5, 0.6) is 0 Å². The minimum Gasteiger partial charge on any atom is -0.339 e. The van der Waals surface area contributed by atoms with Gasteiger partial charge in [0.25, 0.3) is 5.91 Å². The molecule has 0 aliphatic heterocycles. The Hall–Kier alpha value is -0.130. The minimum absolute atomic E-state index is 0.0288. The van der Waals surface area contributed by atoms with Crippen molar-refractivity contribution in [1.29, 1.82) is 0 Å². The lowest BCUT2D eigenvalue weighted by molar-refractivity contribution is 0.0738. The van der Waals surface area contributed by atoms with Crippen molar-refractivity contribution in [3.8, 4) is 0 Å². The highest BCUT2D eigenvalue weighted by Gasteiger charge is 2.19. The van der Waals surface area contributed by atoms with E-state index in [1.807, 2.05) is 25.2 Å². The third-order valence-corrected chi connectivity index (χ3v) is 4.42. The lowest BCUT2D eigenvalue weighted by Crippen LogP contribution is -2.35. The van der Waals surface area contributed by atoms with Gasteiger partial charge < -0.3 is 4.90 Å². The highest BCUT2D eigenvalue weighted by Crippen LogP contribution is 2.22. The zero-order valence-corrected chi connectivity index (χ0v) is 14.1. The summed E-state index contributed by atoms with van der Waals surface area (Å²) in [5, 5.41) is 0. The maximum atomic E-state index is 12.3. The van der Waals surface area contributed by atoms with Crippen LogP contribution in [0.25, 0.3) is 0 Å². The molecule has 5 heteroatoms. The van der Waals surface area contributed by atoms with Crippen molar-refractivity contribution in [1.82, 2.24) is 4.90 Å². The first-order valence-corrected chi connectivity index (χ1v) is 8.35. The lowest BCUT2D eigenvalue weighted by Gasteiger charge is -2.25. The van der Waals surface area contributed by atoms with Gasteiger partial charge in [-0.3, -0.25) is 4.79 Å². The Morgan fingerprint density at radius 3 is 2.78 bits per heavy atom. The number of halogens is 1. The Bertz CT molecular complexity index is 425. The molecule has 1 amide bonds. The predicted molar refractivity (Wildman–Crippen MR) is 85.9 cm³/mol. The SMILES string of the molecule is CSCCC(C)N(C)C(=O)c1ccc(Br)cc1S. The van der Waals surface area contributed by atoms with E-state index in [9.17, 15) is 4.79 Å². The Kier molecular flexibility index (Phi) is 6.60. The molecule has 0 aromatic heterocycles. The van der Waals surface area contributed by atoms with Crippen LogP contribution in [0.15, 0.2) is 27.6 Å². The summed E-state index contributed by atoms with van der Waals surface area (Å²) in [6, 6.07) is 5.76. The molecule has 0 N–H and O–H groups in total. The molecule has 1 unspecified atom stereocenters. The number of nitrogens with zero attached hydrogens (tertiary/aromatic N) is 1. The van der Waals surface area contributed by atoms with E-state index in [0.29, 0.717) is 10.5 Å². The van der Waals surface area contributed by atoms with Crippen LogP contribution in [-0.2, 0) is 0 Å². The number of carbonyl (C=O) groups excluding carboxylic acids is 1. The van der Waals surface area contributed by atoms with Crippen LogP contribution in [0.3, 0.4) is 0 Å². The van der Waals surface area contributed by atoms with Gasteiger partial charge in [-0.1, -0.05) is 15.9 Å². The highest BCUT2D eigenvalue weighted by atomic mass is 79.9. The van der Waals surface area contributed by atoms with Crippen molar-refractivity contribution < 1.29 is 4.79 Å². The van der Waals surface area contributed by atoms with Crippen molar-refractivity contribution in [3.63, 3.8) is 0 Å². The number of thioether (sulfide) groups is 1. The molecule has 2 nitrogen and oxygen atoms in total. The van der Waals surface area contributed by atoms with E-state index in [1.54, 1.807) is 16.7 Å². The van der Waals surface area contributed by atoms with Gasteiger partial charge in [-0.15, -0.1) is 12.6 Å². The smallest absolute Gasteiger partial charge is 0.254 e. The number of benzene rings is 1. The molecule has 1 aromatic carbocycles. The normalized spacial score (nSPS) is 12.3. The zero-order valence-electron chi connectivity index (χ0n) is 10.8. The fourth-order valence-electron chi connectivity index (χ4n) is 1.56. The maximum Gasteiger partial charge on any atom is 0.254 e. The van der Waals surface area contributed by atoms with Gasteiger partial charge in [0, 0.05) is 22.5 Å². The molecule has 0 bridgehead atoms. The third-order valence-electron chi connectivity index (χ3n) is 2.91. The van der Waals surface area contributed by atoms with Crippen LogP contribution in [0.1, 0.15) is 23.7 Å². The van der Waals surface area contributed by atoms with Crippen LogP contribution in [0, 0.1) is 0 Å². The van der Waals surface area contributed by atoms with Gasteiger partial charge in [0.2, 0.25) is 0 Å². The van der Waals surface area contributed by atoms with E-state index in [2.05, 4.69) is 41.7 Å². The van der Waals surface area contributed by atoms with Gasteiger partial charge in [-0.2, -0.15) is 11.8 Å². The number of hydrogen-bond acceptors (Lipinski definition) is 3. The third kappa shape index (κ3) is 4.21. The van der Waals surface area contributed by atoms with Gasteiger partial charge in [0.1, 0.15) is 0 Å². The molecule has 1 atom stereocenters. The standard InChI is InChI=1S/C13H18BrNOS2/c1-9(6-7-18-3)15(2)13(16)11-5-4-10(14)8-12(11)17/h4-5,8-9,17H,6-7H2,1-3H3. The number of amides is 1. The van der Waals surface area contributed by atoms with E-state index in [0.717, 1.165) is 16.6 Å². The average Bonchev–Trinajstić information content (AvgIpc) is 2.34. The lowest BCUT2D eigenvalue weighted by atomic mass is 10.1. The molecule has 18 heavy (non-hydrogen) atoms. The molecule has 0 aliphatic carbocycles. The summed E-state index contributed by atoms with van der Waals surface area (Å²) < 4.78 is 0.933. The van der Waals surface area contributed by atoms with Gasteiger partial charge in [-0.05, 0) is 43.6 Å². The van der Waals surface area contributed by atoms with E-state index in [4.69, 9.17) is 0 Å². The summed E-state index contributed by atoms with van der Waals surface area (Å²) in [7, 11) is 1.85. The molecule has 0 radical (unpaired) electrons. The fraction of sp³-hybridized carbons (Fsp3) is 0.462. The second kappa shape index (κ2) is 7.46. The molecule has 1 aromatic rings. The molecule has 0 heterocycles. The largest absolute Gasteiger partial charge is 0.339 e. The maximum absolute atomic E-state index is 12.3. The fourth-order valence-corrected chi connectivity index (χ4v) is 2.98. The van der Waals surface area contributed by atoms with E-state index >= 15 is 0 Å². The summed E-state index contributed by atoms with van der Waals surface area (Å²) in [6.07, 6.45) is 3.08. The van der Waals surface area contributed by atoms with Gasteiger partial charge in [0.15, 0.2) is 0 Å². The molecule has 0 saturated heterocycles. The molecule has 100 valence electrons. The van der Waals surface area contributed by atoms with Crippen molar-refractivity contribution >= 4 is 46.2 Å². The molecule has 0 fully saturated rings. The van der Waals surface area contributed by atoms with Crippen LogP contribution in [0.4, 0.5) is 0 Å². The number of hydrogen-bond donors (Lipinski definition) is 1. The Labute approximate surface area is 127 Å². The second-order valence-electron chi connectivity index (χ2n) is 4.21. The summed E-state index contributed by atoms with van der Waals surface area (Å²) in [4.78, 5) is 14.8. The van der Waals surface area contributed by atoms with Crippen LogP contribution in [-0.4, -0.2) is 35.9 Å². The van der Waals surface area contributed by atoms with Crippen molar-refractivity contribution in [3.05, 3.63) is 28.2 Å². The summed E-state index contributed by atoms with van der Waals surface area (Å²) >= 11 is 9.53. The first-order chi connectivity index (χ1) is 8.47. The van der Waals surface area contributed by atoms with Crippen molar-refractivity contribution in [2.45, 2.75) is 24.3 Å². The van der Waals surface area contributed by atoms with Gasteiger partial charge >= 0.3 is 0 Å². The highest BCUT2D eigenvalue weighted by molar-refractivity contribution is 9.10. The Morgan fingerprint density at radius 1 is 1.56 bits per heavy atom. The summed E-state index contributed by atoms with van der Waals surface area (Å²) in [5.74, 6) is 1.09. The molecular formula is C13H18BrNOS2. The van der Waals surface area contributed by atoms with Gasteiger partial charge in [0.05, 0.1) is 5.56 Å². The molecule has 0 saturated carbocycles. The van der Waals surface area contributed by atoms with Crippen LogP contribution < -0.4 is 0 Å². The van der Waals surface area contributed by atoms with Gasteiger partial charge in [-0.25, -0.2) is 0 Å². The number of thiol groups is 1. The van der Waals surface area contributed by atoms with Crippen LogP contribution >= 0.6 is 40.3 Å². The Morgan fingerprint density at radius 2 is 2.22 bits per heavy atom. The quantitative estimate of drug-likeness (QED) is 0.813. The zero-order chi connectivity index (χ0) is 13.7. The first-order valence-electron chi connectivity index (χ1n) is 5.72. The summed E-state index contributed by atoms with van der Waals surface area (Å²) in [5.41, 5.74) is 0.653. The first kappa shape index (κ1) is 15.9. The monoisotopic (exact) mass is 347 g/mol. The minimum atomic E-state index is 0.0288. The van der Waals surface area contributed by atoms with E-state index in [-0.39, 0.29) is 11.9 Å². The number of rotatable bonds is 5. The molecular weight excluding hydrogens is 330 g/mol. The molecule has 1 rings (SSSR count). The van der Waals surface area contributed by atoms with Crippen LogP contribution in [0.2, 0.25) is 0 Å².